The summed E-state index contributed by atoms with van der Waals surface area (Å²) in [6.07, 6.45) is 0. The molecule has 4 nitrogen and oxygen atoms in total. The molecule has 136 valence electrons. The van der Waals surface area contributed by atoms with E-state index in [0.29, 0.717) is 23.4 Å². The Kier molecular flexibility index (Phi) is 4.55. The first-order chi connectivity index (χ1) is 12.6. The van der Waals surface area contributed by atoms with Crippen LogP contribution in [0.5, 0.6) is 0 Å². The van der Waals surface area contributed by atoms with Crippen LogP contribution in [-0.4, -0.2) is 40.6 Å². The van der Waals surface area contributed by atoms with Crippen molar-refractivity contribution in [2.24, 2.45) is 0 Å². The Labute approximate surface area is 149 Å². The Morgan fingerprint density at radius 1 is 0.923 bits per heavy atom. The SMILES string of the molecule is Fc1ccc(N2CCN(Cc3nc4ccccc4n3C(F)F)CC2)cc1. The van der Waals surface area contributed by atoms with E-state index in [2.05, 4.69) is 14.8 Å². The summed E-state index contributed by atoms with van der Waals surface area (Å²) in [7, 11) is 0. The first kappa shape index (κ1) is 16.9. The van der Waals surface area contributed by atoms with Crippen LogP contribution in [0.25, 0.3) is 11.0 Å². The van der Waals surface area contributed by atoms with Gasteiger partial charge in [-0.2, -0.15) is 8.78 Å². The van der Waals surface area contributed by atoms with Crippen molar-refractivity contribution in [2.75, 3.05) is 31.1 Å². The van der Waals surface area contributed by atoms with E-state index < -0.39 is 6.55 Å². The third kappa shape index (κ3) is 3.26. The molecule has 2 heterocycles. The molecule has 0 atom stereocenters. The number of piperazine rings is 1. The summed E-state index contributed by atoms with van der Waals surface area (Å²) in [4.78, 5) is 8.70. The van der Waals surface area contributed by atoms with Crippen molar-refractivity contribution in [3.8, 4) is 0 Å². The van der Waals surface area contributed by atoms with Gasteiger partial charge in [0.1, 0.15) is 11.6 Å². The van der Waals surface area contributed by atoms with Gasteiger partial charge in [0.25, 0.3) is 0 Å². The third-order valence-electron chi connectivity index (χ3n) is 4.79. The summed E-state index contributed by atoms with van der Waals surface area (Å²) in [5, 5.41) is 0. The number of aromatic nitrogens is 2. The Balaban J connectivity index is 1.47. The van der Waals surface area contributed by atoms with Crippen molar-refractivity contribution in [2.45, 2.75) is 13.1 Å². The zero-order valence-electron chi connectivity index (χ0n) is 14.2. The molecule has 4 rings (SSSR count). The van der Waals surface area contributed by atoms with Gasteiger partial charge in [-0.1, -0.05) is 12.1 Å². The molecule has 26 heavy (non-hydrogen) atoms. The molecule has 1 aliphatic rings. The van der Waals surface area contributed by atoms with E-state index in [1.165, 1.54) is 12.1 Å². The normalized spacial score (nSPS) is 15.9. The first-order valence-corrected chi connectivity index (χ1v) is 8.59. The fourth-order valence-corrected chi connectivity index (χ4v) is 3.44. The molecule has 0 spiro atoms. The van der Waals surface area contributed by atoms with Gasteiger partial charge in [0.2, 0.25) is 0 Å². The molecule has 1 fully saturated rings. The maximum atomic E-state index is 13.5. The number of benzene rings is 2. The third-order valence-corrected chi connectivity index (χ3v) is 4.79. The number of para-hydroxylation sites is 2. The van der Waals surface area contributed by atoms with Crippen molar-refractivity contribution in [3.05, 3.63) is 60.2 Å². The minimum Gasteiger partial charge on any atom is -0.369 e. The average Bonchev–Trinajstić information content (AvgIpc) is 3.01. The number of alkyl halides is 2. The van der Waals surface area contributed by atoms with E-state index >= 15 is 0 Å². The van der Waals surface area contributed by atoms with Crippen LogP contribution in [0.3, 0.4) is 0 Å². The molecule has 3 aromatic rings. The standard InChI is InChI=1S/C19H19F3N4/c20-14-5-7-15(8-6-14)25-11-9-24(10-12-25)13-18-23-16-3-1-2-4-17(16)26(18)19(21)22/h1-8,19H,9-13H2. The van der Waals surface area contributed by atoms with Crippen LogP contribution in [0.1, 0.15) is 12.4 Å². The maximum absolute atomic E-state index is 13.5. The van der Waals surface area contributed by atoms with Crippen LogP contribution in [0, 0.1) is 5.82 Å². The molecule has 1 aromatic heterocycles. The number of hydrogen-bond acceptors (Lipinski definition) is 3. The van der Waals surface area contributed by atoms with Crippen LogP contribution < -0.4 is 4.90 Å². The Bertz CT molecular complexity index is 883. The van der Waals surface area contributed by atoms with Crippen molar-refractivity contribution in [1.29, 1.82) is 0 Å². The van der Waals surface area contributed by atoms with Crippen LogP contribution in [0.2, 0.25) is 0 Å². The summed E-state index contributed by atoms with van der Waals surface area (Å²) in [6.45, 7) is 0.781. The molecule has 0 N–H and O–H groups in total. The minimum absolute atomic E-state index is 0.252. The molecule has 0 bridgehead atoms. The highest BCUT2D eigenvalue weighted by atomic mass is 19.3. The lowest BCUT2D eigenvalue weighted by atomic mass is 10.2. The summed E-state index contributed by atoms with van der Waals surface area (Å²) < 4.78 is 41.1. The zero-order chi connectivity index (χ0) is 18.1. The minimum atomic E-state index is -2.61. The van der Waals surface area contributed by atoms with Gasteiger partial charge in [0.15, 0.2) is 0 Å². The molecule has 0 aliphatic carbocycles. The van der Waals surface area contributed by atoms with Gasteiger partial charge in [-0.25, -0.2) is 9.37 Å². The molecule has 0 amide bonds. The second-order valence-corrected chi connectivity index (χ2v) is 6.40. The van der Waals surface area contributed by atoms with E-state index in [1.54, 1.807) is 36.4 Å². The maximum Gasteiger partial charge on any atom is 0.320 e. The monoisotopic (exact) mass is 360 g/mol. The molecule has 7 heteroatoms. The highest BCUT2D eigenvalue weighted by molar-refractivity contribution is 5.75. The van der Waals surface area contributed by atoms with Gasteiger partial charge in [0, 0.05) is 31.9 Å². The predicted molar refractivity (Wildman–Crippen MR) is 94.9 cm³/mol. The van der Waals surface area contributed by atoms with E-state index in [9.17, 15) is 13.2 Å². The second kappa shape index (κ2) is 6.99. The van der Waals surface area contributed by atoms with Gasteiger partial charge in [-0.3, -0.25) is 9.47 Å². The van der Waals surface area contributed by atoms with Gasteiger partial charge >= 0.3 is 6.55 Å². The molecule has 2 aromatic carbocycles. The van der Waals surface area contributed by atoms with Gasteiger partial charge in [-0.05, 0) is 36.4 Å². The van der Waals surface area contributed by atoms with Crippen molar-refractivity contribution in [3.63, 3.8) is 0 Å². The van der Waals surface area contributed by atoms with E-state index in [1.807, 2.05) is 0 Å². The average molecular weight is 360 g/mol. The van der Waals surface area contributed by atoms with E-state index in [4.69, 9.17) is 0 Å². The molecule has 0 radical (unpaired) electrons. The topological polar surface area (TPSA) is 24.3 Å². The highest BCUT2D eigenvalue weighted by Crippen LogP contribution is 2.24. The van der Waals surface area contributed by atoms with Crippen LogP contribution in [-0.2, 0) is 6.54 Å². The fourth-order valence-electron chi connectivity index (χ4n) is 3.44. The van der Waals surface area contributed by atoms with Gasteiger partial charge in [0.05, 0.1) is 17.6 Å². The number of imidazole rings is 1. The smallest absolute Gasteiger partial charge is 0.320 e. The Morgan fingerprint density at radius 2 is 1.62 bits per heavy atom. The number of anilines is 1. The Morgan fingerprint density at radius 3 is 2.31 bits per heavy atom. The number of halogens is 3. The summed E-state index contributed by atoms with van der Waals surface area (Å²) in [5.74, 6) is 0.134. The van der Waals surface area contributed by atoms with Crippen molar-refractivity contribution in [1.82, 2.24) is 14.5 Å². The molecular weight excluding hydrogens is 341 g/mol. The number of fused-ring (bicyclic) bond motifs is 1. The summed E-state index contributed by atoms with van der Waals surface area (Å²) >= 11 is 0. The molecule has 0 saturated carbocycles. The molecular formula is C19H19F3N4. The van der Waals surface area contributed by atoms with Crippen LogP contribution >= 0.6 is 0 Å². The first-order valence-electron chi connectivity index (χ1n) is 8.59. The van der Waals surface area contributed by atoms with Gasteiger partial charge in [-0.15, -0.1) is 0 Å². The van der Waals surface area contributed by atoms with Gasteiger partial charge < -0.3 is 4.90 Å². The predicted octanol–water partition coefficient (Wildman–Crippen LogP) is 3.89. The molecule has 0 unspecified atom stereocenters. The fraction of sp³-hybridized carbons (Fsp3) is 0.316. The lowest BCUT2D eigenvalue weighted by Gasteiger charge is -2.36. The number of rotatable bonds is 4. The highest BCUT2D eigenvalue weighted by Gasteiger charge is 2.22. The quantitative estimate of drug-likeness (QED) is 0.705. The lowest BCUT2D eigenvalue weighted by molar-refractivity contribution is 0.0681. The summed E-state index contributed by atoms with van der Waals surface area (Å²) in [5.41, 5.74) is 2.03. The number of hydrogen-bond donors (Lipinski definition) is 0. The largest absolute Gasteiger partial charge is 0.369 e. The second-order valence-electron chi connectivity index (χ2n) is 6.40. The van der Waals surface area contributed by atoms with Crippen molar-refractivity contribution >= 4 is 16.7 Å². The van der Waals surface area contributed by atoms with Crippen LogP contribution in [0.15, 0.2) is 48.5 Å². The molecule has 1 aliphatic heterocycles. The summed E-state index contributed by atoms with van der Waals surface area (Å²) in [6, 6.07) is 13.4. The Hall–Kier alpha value is -2.54. The van der Waals surface area contributed by atoms with Crippen LogP contribution in [0.4, 0.5) is 18.9 Å². The lowest BCUT2D eigenvalue weighted by Crippen LogP contribution is -2.46. The molecule has 1 saturated heterocycles. The zero-order valence-corrected chi connectivity index (χ0v) is 14.2. The number of nitrogens with zero attached hydrogens (tertiary/aromatic N) is 4. The van der Waals surface area contributed by atoms with Crippen molar-refractivity contribution < 1.29 is 13.2 Å². The van der Waals surface area contributed by atoms with E-state index in [0.717, 1.165) is 36.4 Å². The van der Waals surface area contributed by atoms with E-state index in [-0.39, 0.29) is 5.82 Å².